The van der Waals surface area contributed by atoms with Crippen molar-refractivity contribution in [1.29, 1.82) is 0 Å². The van der Waals surface area contributed by atoms with Crippen LogP contribution in [0.2, 0.25) is 5.02 Å². The van der Waals surface area contributed by atoms with Gasteiger partial charge in [0.05, 0.1) is 5.69 Å². The van der Waals surface area contributed by atoms with Crippen LogP contribution in [0, 0.1) is 6.92 Å². The average Bonchev–Trinajstić information content (AvgIpc) is 2.60. The molecule has 0 atom stereocenters. The zero-order chi connectivity index (χ0) is 12.6. The SMILES string of the molecule is Cc1nc(-n2ccc(Cl)cc2=O)sc1C(=O)O. The summed E-state index contributed by atoms with van der Waals surface area (Å²) in [5.74, 6) is -1.05. The molecule has 0 saturated carbocycles. The van der Waals surface area contributed by atoms with Gasteiger partial charge in [0.1, 0.15) is 4.88 Å². The third-order valence-electron chi connectivity index (χ3n) is 2.07. The van der Waals surface area contributed by atoms with E-state index in [0.717, 1.165) is 11.3 Å². The molecule has 0 radical (unpaired) electrons. The summed E-state index contributed by atoms with van der Waals surface area (Å²) in [7, 11) is 0. The second kappa shape index (κ2) is 4.31. The standard InChI is InChI=1S/C10H7ClN2O3S/c1-5-8(9(15)16)17-10(12-5)13-3-2-6(11)4-7(13)14/h2-4H,1H3,(H,15,16). The molecule has 0 bridgehead atoms. The Morgan fingerprint density at radius 3 is 2.82 bits per heavy atom. The van der Waals surface area contributed by atoms with Gasteiger partial charge in [0.2, 0.25) is 0 Å². The van der Waals surface area contributed by atoms with Crippen LogP contribution in [0.4, 0.5) is 0 Å². The number of nitrogens with zero attached hydrogens (tertiary/aromatic N) is 2. The number of halogens is 1. The molecule has 17 heavy (non-hydrogen) atoms. The molecule has 0 unspecified atom stereocenters. The zero-order valence-electron chi connectivity index (χ0n) is 8.68. The first-order chi connectivity index (χ1) is 7.99. The fourth-order valence-corrected chi connectivity index (χ4v) is 2.34. The molecule has 2 aromatic rings. The summed E-state index contributed by atoms with van der Waals surface area (Å²) >= 11 is 6.62. The van der Waals surface area contributed by atoms with E-state index in [-0.39, 0.29) is 10.4 Å². The normalized spacial score (nSPS) is 10.5. The van der Waals surface area contributed by atoms with Crippen LogP contribution in [-0.2, 0) is 0 Å². The van der Waals surface area contributed by atoms with Crippen LogP contribution in [0.15, 0.2) is 23.1 Å². The van der Waals surface area contributed by atoms with E-state index in [4.69, 9.17) is 16.7 Å². The van der Waals surface area contributed by atoms with Crippen LogP contribution in [0.5, 0.6) is 0 Å². The molecule has 0 aliphatic rings. The van der Waals surface area contributed by atoms with E-state index in [0.29, 0.717) is 15.8 Å². The first-order valence-electron chi connectivity index (χ1n) is 4.58. The summed E-state index contributed by atoms with van der Waals surface area (Å²) in [6.07, 6.45) is 1.47. The minimum Gasteiger partial charge on any atom is -0.477 e. The van der Waals surface area contributed by atoms with Gasteiger partial charge in [0.25, 0.3) is 5.56 Å². The van der Waals surface area contributed by atoms with Crippen LogP contribution in [-0.4, -0.2) is 20.6 Å². The lowest BCUT2D eigenvalue weighted by Crippen LogP contribution is -2.15. The Morgan fingerprint density at radius 1 is 1.59 bits per heavy atom. The van der Waals surface area contributed by atoms with Gasteiger partial charge < -0.3 is 5.11 Å². The summed E-state index contributed by atoms with van der Waals surface area (Å²) in [6, 6.07) is 2.79. The molecule has 0 aliphatic heterocycles. The second-order valence-corrected chi connectivity index (χ2v) is 4.68. The number of carboxylic acid groups (broad SMARTS) is 1. The number of pyridine rings is 1. The van der Waals surface area contributed by atoms with Gasteiger partial charge in [0, 0.05) is 17.3 Å². The molecule has 1 N–H and O–H groups in total. The van der Waals surface area contributed by atoms with Gasteiger partial charge in [-0.05, 0) is 13.0 Å². The van der Waals surface area contributed by atoms with Gasteiger partial charge >= 0.3 is 5.97 Å². The molecule has 0 aliphatic carbocycles. The molecule has 0 saturated heterocycles. The molecule has 2 heterocycles. The van der Waals surface area contributed by atoms with Gasteiger partial charge in [-0.15, -0.1) is 0 Å². The molecule has 0 spiro atoms. The van der Waals surface area contributed by atoms with Crippen molar-refractivity contribution < 1.29 is 9.90 Å². The van der Waals surface area contributed by atoms with Gasteiger partial charge in [-0.1, -0.05) is 22.9 Å². The van der Waals surface area contributed by atoms with Crippen LogP contribution in [0.1, 0.15) is 15.4 Å². The molecular weight excluding hydrogens is 264 g/mol. The van der Waals surface area contributed by atoms with Crippen molar-refractivity contribution >= 4 is 28.9 Å². The van der Waals surface area contributed by atoms with E-state index < -0.39 is 5.97 Å². The Morgan fingerprint density at radius 2 is 2.29 bits per heavy atom. The molecule has 88 valence electrons. The first-order valence-corrected chi connectivity index (χ1v) is 5.78. The van der Waals surface area contributed by atoms with Crippen LogP contribution >= 0.6 is 22.9 Å². The summed E-state index contributed by atoms with van der Waals surface area (Å²) in [5.41, 5.74) is 0.0440. The number of carboxylic acids is 1. The second-order valence-electron chi connectivity index (χ2n) is 3.27. The molecular formula is C10H7ClN2O3S. The largest absolute Gasteiger partial charge is 0.477 e. The first kappa shape index (κ1) is 11.8. The lowest BCUT2D eigenvalue weighted by Gasteiger charge is -1.99. The van der Waals surface area contributed by atoms with Crippen LogP contribution in [0.25, 0.3) is 5.13 Å². The smallest absolute Gasteiger partial charge is 0.347 e. The molecule has 7 heteroatoms. The highest BCUT2D eigenvalue weighted by Crippen LogP contribution is 2.20. The minimum atomic E-state index is -1.05. The average molecular weight is 271 g/mol. The van der Waals surface area contributed by atoms with Crippen LogP contribution in [0.3, 0.4) is 0 Å². The fourth-order valence-electron chi connectivity index (χ4n) is 1.30. The number of aromatic carboxylic acids is 1. The number of carbonyl (C=O) groups is 1. The highest BCUT2D eigenvalue weighted by molar-refractivity contribution is 7.16. The van der Waals surface area contributed by atoms with Crippen molar-refractivity contribution in [2.75, 3.05) is 0 Å². The maximum absolute atomic E-state index is 11.6. The van der Waals surface area contributed by atoms with E-state index in [1.807, 2.05) is 0 Å². The van der Waals surface area contributed by atoms with Crippen molar-refractivity contribution in [2.24, 2.45) is 0 Å². The van der Waals surface area contributed by atoms with E-state index in [1.165, 1.54) is 16.8 Å². The molecule has 2 aromatic heterocycles. The topological polar surface area (TPSA) is 72.2 Å². The zero-order valence-corrected chi connectivity index (χ0v) is 10.2. The molecule has 5 nitrogen and oxygen atoms in total. The predicted octanol–water partition coefficient (Wildman–Crippen LogP) is 1.95. The van der Waals surface area contributed by atoms with E-state index in [9.17, 15) is 9.59 Å². The van der Waals surface area contributed by atoms with Crippen molar-refractivity contribution in [3.05, 3.63) is 44.3 Å². The lowest BCUT2D eigenvalue weighted by molar-refractivity contribution is 0.0701. The number of thiazole rings is 1. The van der Waals surface area contributed by atoms with E-state index in [1.54, 1.807) is 13.0 Å². The number of aromatic nitrogens is 2. The number of aryl methyl sites for hydroxylation is 1. The monoisotopic (exact) mass is 270 g/mol. The summed E-state index contributed by atoms with van der Waals surface area (Å²) in [5, 5.41) is 9.55. The van der Waals surface area contributed by atoms with Crippen molar-refractivity contribution in [3.8, 4) is 5.13 Å². The van der Waals surface area contributed by atoms with Crippen molar-refractivity contribution in [3.63, 3.8) is 0 Å². The quantitative estimate of drug-likeness (QED) is 0.905. The van der Waals surface area contributed by atoms with Gasteiger partial charge in [-0.3, -0.25) is 9.36 Å². The number of rotatable bonds is 2. The molecule has 0 amide bonds. The third-order valence-corrected chi connectivity index (χ3v) is 3.45. The Labute approximate surface area is 105 Å². The molecule has 0 aromatic carbocycles. The van der Waals surface area contributed by atoms with Gasteiger partial charge in [-0.2, -0.15) is 0 Å². The molecule has 2 rings (SSSR count). The highest BCUT2D eigenvalue weighted by atomic mass is 35.5. The predicted molar refractivity (Wildman–Crippen MR) is 64.4 cm³/mol. The Hall–Kier alpha value is -1.66. The van der Waals surface area contributed by atoms with Gasteiger partial charge in [-0.25, -0.2) is 9.78 Å². The minimum absolute atomic E-state index is 0.127. The van der Waals surface area contributed by atoms with Crippen LogP contribution < -0.4 is 5.56 Å². The highest BCUT2D eigenvalue weighted by Gasteiger charge is 2.15. The van der Waals surface area contributed by atoms with E-state index in [2.05, 4.69) is 4.98 Å². The fraction of sp³-hybridized carbons (Fsp3) is 0.100. The third kappa shape index (κ3) is 2.22. The summed E-state index contributed by atoms with van der Waals surface area (Å²) in [6.45, 7) is 1.59. The Kier molecular flexibility index (Phi) is 2.99. The van der Waals surface area contributed by atoms with Crippen molar-refractivity contribution in [1.82, 2.24) is 9.55 Å². The lowest BCUT2D eigenvalue weighted by atomic mass is 10.4. The summed E-state index contributed by atoms with van der Waals surface area (Å²) < 4.78 is 1.26. The van der Waals surface area contributed by atoms with Crippen molar-refractivity contribution in [2.45, 2.75) is 6.92 Å². The number of hydrogen-bond donors (Lipinski definition) is 1. The van der Waals surface area contributed by atoms with Gasteiger partial charge in [0.15, 0.2) is 5.13 Å². The maximum Gasteiger partial charge on any atom is 0.347 e. The maximum atomic E-state index is 11.6. The molecule has 0 fully saturated rings. The Balaban J connectivity index is 2.58. The Bertz CT molecular complexity index is 647. The van der Waals surface area contributed by atoms with E-state index >= 15 is 0 Å². The number of hydrogen-bond acceptors (Lipinski definition) is 4. The summed E-state index contributed by atoms with van der Waals surface area (Å²) in [4.78, 5) is 26.7.